The highest BCUT2D eigenvalue weighted by molar-refractivity contribution is 6.30. The molecule has 0 bridgehead atoms. The number of nitrogens with zero attached hydrogens (tertiary/aromatic N) is 6. The summed E-state index contributed by atoms with van der Waals surface area (Å²) in [5, 5.41) is 19.0. The van der Waals surface area contributed by atoms with Crippen LogP contribution in [0, 0.1) is 36.0 Å². The van der Waals surface area contributed by atoms with Crippen molar-refractivity contribution in [3.8, 4) is 23.2 Å². The van der Waals surface area contributed by atoms with Gasteiger partial charge in [-0.25, -0.2) is 14.8 Å². The quantitative estimate of drug-likeness (QED) is 0.134. The van der Waals surface area contributed by atoms with Crippen LogP contribution in [0.15, 0.2) is 40.9 Å². The lowest BCUT2D eigenvalue weighted by molar-refractivity contribution is -0.150. The second-order valence-corrected chi connectivity index (χ2v) is 17.1. The molecule has 3 heterocycles. The highest BCUT2D eigenvalue weighted by Crippen LogP contribution is 2.46. The number of carbonyl (C=O) groups is 1. The topological polar surface area (TPSA) is 127 Å². The van der Waals surface area contributed by atoms with Crippen molar-refractivity contribution >= 4 is 34.4 Å². The van der Waals surface area contributed by atoms with E-state index in [-0.39, 0.29) is 52.4 Å². The van der Waals surface area contributed by atoms with Crippen LogP contribution in [-0.2, 0) is 14.3 Å². The molecule has 11 heteroatoms. The van der Waals surface area contributed by atoms with Crippen LogP contribution < -0.4 is 15.0 Å². The first-order chi connectivity index (χ1) is 26.7. The van der Waals surface area contributed by atoms with E-state index in [1.807, 2.05) is 25.1 Å². The number of anilines is 2. The van der Waals surface area contributed by atoms with Crippen LogP contribution in [0.4, 0.5) is 17.1 Å². The molecular formula is C45H61N7O4. The van der Waals surface area contributed by atoms with Crippen molar-refractivity contribution in [3.63, 3.8) is 0 Å². The van der Waals surface area contributed by atoms with Gasteiger partial charge in [-0.3, -0.25) is 0 Å². The van der Waals surface area contributed by atoms with Crippen LogP contribution >= 0.6 is 0 Å². The molecule has 1 fully saturated rings. The molecule has 11 nitrogen and oxygen atoms in total. The smallest absolute Gasteiger partial charge is 0.343 e. The number of aromatic nitrogens is 3. The van der Waals surface area contributed by atoms with E-state index < -0.39 is 5.97 Å². The average molecular weight is 764 g/mol. The number of allylic oxidation sites excluding steroid dienone is 1. The number of methoxy groups -OCH3 is 1. The van der Waals surface area contributed by atoms with E-state index in [0.717, 1.165) is 62.0 Å². The Hall–Kier alpha value is -4.69. The Labute approximate surface area is 333 Å². The predicted molar refractivity (Wildman–Crippen MR) is 224 cm³/mol. The van der Waals surface area contributed by atoms with Gasteiger partial charge in [0.25, 0.3) is 0 Å². The van der Waals surface area contributed by atoms with Gasteiger partial charge in [-0.2, -0.15) is 9.94 Å². The molecule has 4 atom stereocenters. The number of esters is 1. The molecule has 2 aliphatic heterocycles. The number of nitriles is 1. The molecule has 1 aromatic heterocycles. The van der Waals surface area contributed by atoms with Gasteiger partial charge in [0, 0.05) is 23.3 Å². The summed E-state index contributed by atoms with van der Waals surface area (Å²) in [4.78, 5) is 27.0. The number of hydrogen-bond acceptors (Lipinski definition) is 10. The average Bonchev–Trinajstić information content (AvgIpc) is 3.70. The fourth-order valence-corrected chi connectivity index (χ4v) is 9.05. The molecule has 1 aliphatic carbocycles. The highest BCUT2D eigenvalue weighted by atomic mass is 16.5. The number of carbonyl (C=O) groups excluding carboxylic acids is 1. The van der Waals surface area contributed by atoms with E-state index in [9.17, 15) is 10.1 Å². The molecule has 0 radical (unpaired) electrons. The lowest BCUT2D eigenvalue weighted by Gasteiger charge is -2.48. The van der Waals surface area contributed by atoms with Gasteiger partial charge >= 0.3 is 5.97 Å². The van der Waals surface area contributed by atoms with E-state index in [4.69, 9.17) is 29.3 Å². The molecule has 56 heavy (non-hydrogen) atoms. The first-order valence-corrected chi connectivity index (χ1v) is 20.6. The lowest BCUT2D eigenvalue weighted by atomic mass is 9.75. The van der Waals surface area contributed by atoms with E-state index in [1.54, 1.807) is 11.8 Å². The van der Waals surface area contributed by atoms with Gasteiger partial charge in [-0.05, 0) is 125 Å². The summed E-state index contributed by atoms with van der Waals surface area (Å²) in [6.07, 6.45) is 5.91. The third-order valence-electron chi connectivity index (χ3n) is 12.1. The Morgan fingerprint density at radius 3 is 2.52 bits per heavy atom. The maximum Gasteiger partial charge on any atom is 0.343 e. The van der Waals surface area contributed by atoms with Crippen LogP contribution in [-0.4, -0.2) is 64.7 Å². The first-order valence-electron chi connectivity index (χ1n) is 20.6. The SMILES string of the molecule is CCCCN1c2cc(C)c(/N=C3\C(C#N)=C(C(=O)OC4C(C)CC(C)CC4C)c4nc(-c5ccc(OC)c(NCOC(C)CC)c5)nn43)cc2C(C)CC1(C)C. The van der Waals surface area contributed by atoms with Crippen molar-refractivity contribution in [1.29, 1.82) is 5.26 Å². The number of unbranched alkanes of at least 4 members (excludes halogenated alkanes) is 1. The van der Waals surface area contributed by atoms with Gasteiger partial charge in [-0.15, -0.1) is 5.10 Å². The fourth-order valence-electron chi connectivity index (χ4n) is 9.05. The Balaban J connectivity index is 1.46. The van der Waals surface area contributed by atoms with Gasteiger partial charge in [0.2, 0.25) is 0 Å². The molecule has 0 saturated heterocycles. The van der Waals surface area contributed by atoms with Gasteiger partial charge in [0.15, 0.2) is 17.5 Å². The number of benzene rings is 2. The summed E-state index contributed by atoms with van der Waals surface area (Å²) in [6, 6.07) is 12.3. The minimum absolute atomic E-state index is 0.0219. The summed E-state index contributed by atoms with van der Waals surface area (Å²) < 4.78 is 19.4. The van der Waals surface area contributed by atoms with Gasteiger partial charge < -0.3 is 24.4 Å². The normalized spacial score (nSPS) is 24.1. The maximum absolute atomic E-state index is 14.4. The molecule has 1 saturated carbocycles. The van der Waals surface area contributed by atoms with Crippen molar-refractivity contribution in [1.82, 2.24) is 14.8 Å². The number of aryl methyl sites for hydroxylation is 1. The lowest BCUT2D eigenvalue weighted by Crippen LogP contribution is -2.48. The van der Waals surface area contributed by atoms with Crippen molar-refractivity contribution in [2.75, 3.05) is 30.6 Å². The second-order valence-electron chi connectivity index (χ2n) is 17.1. The summed E-state index contributed by atoms with van der Waals surface area (Å²) in [5.74, 6) is 2.17. The molecule has 3 aromatic rings. The van der Waals surface area contributed by atoms with Crippen LogP contribution in [0.1, 0.15) is 124 Å². The molecular weight excluding hydrogens is 703 g/mol. The first kappa shape index (κ1) is 41.0. The molecule has 0 amide bonds. The van der Waals surface area contributed by atoms with Crippen LogP contribution in [0.25, 0.3) is 17.0 Å². The third-order valence-corrected chi connectivity index (χ3v) is 12.1. The molecule has 6 rings (SSSR count). The molecule has 4 unspecified atom stereocenters. The maximum atomic E-state index is 14.4. The van der Waals surface area contributed by atoms with E-state index in [1.165, 1.54) is 11.3 Å². The molecule has 0 spiro atoms. The number of fused-ring (bicyclic) bond motifs is 2. The van der Waals surface area contributed by atoms with E-state index in [0.29, 0.717) is 35.7 Å². The van der Waals surface area contributed by atoms with Gasteiger partial charge in [0.05, 0.1) is 24.6 Å². The van der Waals surface area contributed by atoms with E-state index in [2.05, 4.69) is 90.7 Å². The van der Waals surface area contributed by atoms with Crippen molar-refractivity contribution in [2.24, 2.45) is 22.7 Å². The Morgan fingerprint density at radius 1 is 1.12 bits per heavy atom. The zero-order valence-electron chi connectivity index (χ0n) is 35.3. The number of hydrogen-bond donors (Lipinski definition) is 1. The highest BCUT2D eigenvalue weighted by Gasteiger charge is 2.41. The molecule has 300 valence electrons. The van der Waals surface area contributed by atoms with Crippen molar-refractivity contribution in [2.45, 2.75) is 131 Å². The Kier molecular flexibility index (Phi) is 12.3. The third kappa shape index (κ3) is 8.08. The Bertz CT molecular complexity index is 2030. The largest absolute Gasteiger partial charge is 0.495 e. The predicted octanol–water partition coefficient (Wildman–Crippen LogP) is 9.82. The number of nitrogens with one attached hydrogen (secondary N) is 1. The number of aliphatic imine (C=N–C) groups is 1. The second kappa shape index (κ2) is 16.8. The molecule has 1 N–H and O–H groups in total. The van der Waals surface area contributed by atoms with Crippen LogP contribution in [0.2, 0.25) is 0 Å². The minimum Gasteiger partial charge on any atom is -0.495 e. The van der Waals surface area contributed by atoms with Crippen LogP contribution in [0.5, 0.6) is 5.75 Å². The van der Waals surface area contributed by atoms with Gasteiger partial charge in [-0.1, -0.05) is 48.0 Å². The zero-order chi connectivity index (χ0) is 40.5. The van der Waals surface area contributed by atoms with Crippen molar-refractivity contribution < 1.29 is 19.0 Å². The Morgan fingerprint density at radius 2 is 1.86 bits per heavy atom. The fraction of sp³-hybridized carbons (Fsp3) is 0.578. The molecule has 2 aromatic carbocycles. The van der Waals surface area contributed by atoms with Gasteiger partial charge in [0.1, 0.15) is 35.8 Å². The number of rotatable bonds is 13. The summed E-state index contributed by atoms with van der Waals surface area (Å²) in [5.41, 5.74) is 5.81. The van der Waals surface area contributed by atoms with Crippen molar-refractivity contribution in [3.05, 3.63) is 52.9 Å². The summed E-state index contributed by atoms with van der Waals surface area (Å²) >= 11 is 0. The monoisotopic (exact) mass is 763 g/mol. The minimum atomic E-state index is -0.575. The van der Waals surface area contributed by atoms with Crippen LogP contribution in [0.3, 0.4) is 0 Å². The summed E-state index contributed by atoms with van der Waals surface area (Å²) in [6.45, 7) is 23.1. The molecule has 3 aliphatic rings. The number of ether oxygens (including phenoxy) is 3. The standard InChI is InChI=1S/C45H61N7O4/c1-12-14-17-51-37-20-27(4)35(22-33(37)30(7)23-45(51,9)10)48-42-34(24-46)39(44(53)56-40-28(5)18-26(3)19-29(40)6)43-49-41(50-52(42)43)32-15-16-38(54-11)36(21-32)47-25-55-31(8)13-2/h15-16,20-22,26,28-31,40,47H,12-14,17-19,23,25H2,1-11H3/b48-42+. The summed E-state index contributed by atoms with van der Waals surface area (Å²) in [7, 11) is 1.62. The van der Waals surface area contributed by atoms with E-state index >= 15 is 0 Å². The zero-order valence-corrected chi connectivity index (χ0v) is 35.3.